The topological polar surface area (TPSA) is 27.7 Å². The molecule has 0 bridgehead atoms. The van der Waals surface area contributed by atoms with Gasteiger partial charge in [-0.15, -0.1) is 0 Å². The van der Waals surface area contributed by atoms with Crippen molar-refractivity contribution in [3.8, 4) is 0 Å². The van der Waals surface area contributed by atoms with Gasteiger partial charge < -0.3 is 14.2 Å². The van der Waals surface area contributed by atoms with E-state index in [1.54, 1.807) is 0 Å². The molecule has 0 aliphatic heterocycles. The minimum Gasteiger partial charge on any atom is -0.379 e. The van der Waals surface area contributed by atoms with E-state index in [9.17, 15) is 0 Å². The number of hydrogen-bond donors (Lipinski definition) is 0. The fourth-order valence-corrected chi connectivity index (χ4v) is 2.25. The van der Waals surface area contributed by atoms with E-state index in [-0.39, 0.29) is 6.10 Å². The number of rotatable bonds is 14. The van der Waals surface area contributed by atoms with E-state index in [0.29, 0.717) is 19.8 Å². The van der Waals surface area contributed by atoms with Gasteiger partial charge in [-0.25, -0.2) is 0 Å². The molecule has 0 saturated carbocycles. The van der Waals surface area contributed by atoms with Crippen molar-refractivity contribution in [2.24, 2.45) is 5.92 Å². The summed E-state index contributed by atoms with van der Waals surface area (Å²) in [6.45, 7) is 12.2. The van der Waals surface area contributed by atoms with Gasteiger partial charge in [0.1, 0.15) is 0 Å². The Morgan fingerprint density at radius 3 is 2.21 bits per heavy atom. The van der Waals surface area contributed by atoms with Crippen LogP contribution in [0.3, 0.4) is 0 Å². The summed E-state index contributed by atoms with van der Waals surface area (Å²) in [5, 5.41) is 0. The van der Waals surface area contributed by atoms with Crippen molar-refractivity contribution >= 4 is 0 Å². The summed E-state index contributed by atoms with van der Waals surface area (Å²) in [4.78, 5) is 0. The van der Waals surface area contributed by atoms with Gasteiger partial charge in [-0.05, 0) is 26.2 Å². The molecule has 0 amide bonds. The quantitative estimate of drug-likeness (QED) is 0.447. The maximum Gasteiger partial charge on any atom is 0.0811 e. The molecule has 0 rings (SSSR count). The van der Waals surface area contributed by atoms with Gasteiger partial charge in [-0.3, -0.25) is 0 Å². The van der Waals surface area contributed by atoms with Crippen LogP contribution in [0.1, 0.15) is 59.8 Å². The molecular formula is C16H34O3. The van der Waals surface area contributed by atoms with Crippen molar-refractivity contribution in [2.45, 2.75) is 65.9 Å². The molecule has 3 nitrogen and oxygen atoms in total. The van der Waals surface area contributed by atoms with Crippen LogP contribution in [0, 0.1) is 5.92 Å². The fourth-order valence-electron chi connectivity index (χ4n) is 2.25. The fraction of sp³-hybridized carbons (Fsp3) is 1.00. The van der Waals surface area contributed by atoms with Gasteiger partial charge in [0.25, 0.3) is 0 Å². The van der Waals surface area contributed by atoms with Gasteiger partial charge >= 0.3 is 0 Å². The third-order valence-electron chi connectivity index (χ3n) is 3.42. The summed E-state index contributed by atoms with van der Waals surface area (Å²) in [5.74, 6) is 0.770. The first-order valence-corrected chi connectivity index (χ1v) is 8.05. The smallest absolute Gasteiger partial charge is 0.0811 e. The third-order valence-corrected chi connectivity index (χ3v) is 3.42. The van der Waals surface area contributed by atoms with Gasteiger partial charge in [0.15, 0.2) is 0 Å². The van der Waals surface area contributed by atoms with Crippen LogP contribution in [0.4, 0.5) is 0 Å². The van der Waals surface area contributed by atoms with Crippen LogP contribution in [0.5, 0.6) is 0 Å². The molecule has 0 radical (unpaired) electrons. The molecule has 0 aromatic heterocycles. The van der Waals surface area contributed by atoms with E-state index in [0.717, 1.165) is 25.6 Å². The normalized spacial score (nSPS) is 14.5. The van der Waals surface area contributed by atoms with Crippen molar-refractivity contribution < 1.29 is 14.2 Å². The van der Waals surface area contributed by atoms with Crippen molar-refractivity contribution in [2.75, 3.05) is 33.0 Å². The average molecular weight is 274 g/mol. The summed E-state index contributed by atoms with van der Waals surface area (Å²) < 4.78 is 16.7. The lowest BCUT2D eigenvalue weighted by Gasteiger charge is -2.22. The zero-order valence-electron chi connectivity index (χ0n) is 13.5. The highest BCUT2D eigenvalue weighted by Crippen LogP contribution is 2.20. The van der Waals surface area contributed by atoms with Crippen LogP contribution in [0.2, 0.25) is 0 Å². The van der Waals surface area contributed by atoms with Crippen molar-refractivity contribution in [3.63, 3.8) is 0 Å². The molecule has 2 atom stereocenters. The lowest BCUT2D eigenvalue weighted by atomic mass is 9.93. The molecule has 0 aromatic carbocycles. The van der Waals surface area contributed by atoms with Gasteiger partial charge in [-0.2, -0.15) is 0 Å². The molecule has 0 aromatic rings. The zero-order chi connectivity index (χ0) is 14.3. The molecular weight excluding hydrogens is 240 g/mol. The van der Waals surface area contributed by atoms with Gasteiger partial charge in [0.2, 0.25) is 0 Å². The Morgan fingerprint density at radius 1 is 0.895 bits per heavy atom. The monoisotopic (exact) mass is 274 g/mol. The van der Waals surface area contributed by atoms with Gasteiger partial charge in [0.05, 0.1) is 25.9 Å². The van der Waals surface area contributed by atoms with Crippen LogP contribution in [0.25, 0.3) is 0 Å². The van der Waals surface area contributed by atoms with Crippen LogP contribution in [-0.2, 0) is 14.2 Å². The molecule has 0 N–H and O–H groups in total. The lowest BCUT2D eigenvalue weighted by molar-refractivity contribution is -0.0365. The maximum atomic E-state index is 5.79. The predicted octanol–water partition coefficient (Wildman–Crippen LogP) is 4.05. The van der Waals surface area contributed by atoms with Crippen LogP contribution < -0.4 is 0 Å². The second-order valence-corrected chi connectivity index (χ2v) is 5.00. The molecule has 0 heterocycles. The van der Waals surface area contributed by atoms with Crippen LogP contribution in [0.15, 0.2) is 0 Å². The average Bonchev–Trinajstić information content (AvgIpc) is 2.43. The molecule has 19 heavy (non-hydrogen) atoms. The summed E-state index contributed by atoms with van der Waals surface area (Å²) in [6, 6.07) is 0. The molecule has 3 heteroatoms. The van der Waals surface area contributed by atoms with Crippen LogP contribution >= 0.6 is 0 Å². The second kappa shape index (κ2) is 14.3. The molecule has 0 saturated heterocycles. The molecule has 2 unspecified atom stereocenters. The summed E-state index contributed by atoms with van der Waals surface area (Å²) in [7, 11) is 0. The highest BCUT2D eigenvalue weighted by molar-refractivity contribution is 4.66. The molecule has 0 spiro atoms. The van der Waals surface area contributed by atoms with Gasteiger partial charge in [-0.1, -0.05) is 39.5 Å². The largest absolute Gasteiger partial charge is 0.379 e. The molecule has 0 fully saturated rings. The number of unbranched alkanes of at least 4 members (excludes halogenated alkanes) is 1. The molecule has 0 aliphatic rings. The summed E-state index contributed by atoms with van der Waals surface area (Å²) in [5.41, 5.74) is 0. The van der Waals surface area contributed by atoms with Gasteiger partial charge in [0, 0.05) is 13.2 Å². The van der Waals surface area contributed by atoms with E-state index < -0.39 is 0 Å². The highest BCUT2D eigenvalue weighted by Gasteiger charge is 2.15. The predicted molar refractivity (Wildman–Crippen MR) is 80.6 cm³/mol. The third kappa shape index (κ3) is 11.4. The van der Waals surface area contributed by atoms with E-state index in [1.807, 2.05) is 6.92 Å². The summed E-state index contributed by atoms with van der Waals surface area (Å²) >= 11 is 0. The Labute approximate surface area is 120 Å². The second-order valence-electron chi connectivity index (χ2n) is 5.00. The van der Waals surface area contributed by atoms with Crippen LogP contribution in [-0.4, -0.2) is 39.1 Å². The minimum atomic E-state index is 0.244. The Balaban J connectivity index is 3.86. The SMILES string of the molecule is CCCCC(CC)CC(COCCOCC)OCC. The Hall–Kier alpha value is -0.120. The van der Waals surface area contributed by atoms with E-state index in [2.05, 4.69) is 20.8 Å². The maximum absolute atomic E-state index is 5.79. The highest BCUT2D eigenvalue weighted by atomic mass is 16.5. The first-order valence-electron chi connectivity index (χ1n) is 8.05. The summed E-state index contributed by atoms with van der Waals surface area (Å²) in [6.07, 6.45) is 6.52. The molecule has 116 valence electrons. The van der Waals surface area contributed by atoms with E-state index >= 15 is 0 Å². The Kier molecular flexibility index (Phi) is 14.2. The number of ether oxygens (including phenoxy) is 3. The standard InChI is InChI=1S/C16H34O3/c1-5-9-10-15(6-2)13-16(19-8-4)14-18-12-11-17-7-3/h15-16H,5-14H2,1-4H3. The van der Waals surface area contributed by atoms with E-state index in [4.69, 9.17) is 14.2 Å². The molecule has 0 aliphatic carbocycles. The first kappa shape index (κ1) is 18.9. The van der Waals surface area contributed by atoms with Crippen molar-refractivity contribution in [1.82, 2.24) is 0 Å². The van der Waals surface area contributed by atoms with E-state index in [1.165, 1.54) is 25.7 Å². The van der Waals surface area contributed by atoms with Crippen molar-refractivity contribution in [3.05, 3.63) is 0 Å². The number of hydrogen-bond acceptors (Lipinski definition) is 3. The zero-order valence-corrected chi connectivity index (χ0v) is 13.5. The lowest BCUT2D eigenvalue weighted by Crippen LogP contribution is -2.24. The Morgan fingerprint density at radius 2 is 1.63 bits per heavy atom. The Bertz CT molecular complexity index is 173. The van der Waals surface area contributed by atoms with Crippen molar-refractivity contribution in [1.29, 1.82) is 0 Å². The first-order chi connectivity index (χ1) is 9.28. The minimum absolute atomic E-state index is 0.244.